The minimum Gasteiger partial charge on any atom is -0.378 e. The van der Waals surface area contributed by atoms with E-state index in [1.807, 2.05) is 13.0 Å². The topological polar surface area (TPSA) is 58.2 Å². The summed E-state index contributed by atoms with van der Waals surface area (Å²) in [5.74, 6) is 3.76. The summed E-state index contributed by atoms with van der Waals surface area (Å²) in [6, 6.07) is 11.2. The highest BCUT2D eigenvalue weighted by Crippen LogP contribution is 2.42. The molecule has 0 unspecified atom stereocenters. The van der Waals surface area contributed by atoms with Crippen LogP contribution in [0.1, 0.15) is 76.3 Å². The van der Waals surface area contributed by atoms with Crippen molar-refractivity contribution in [3.63, 3.8) is 0 Å². The van der Waals surface area contributed by atoms with E-state index in [0.29, 0.717) is 36.7 Å². The van der Waals surface area contributed by atoms with Crippen LogP contribution in [0.25, 0.3) is 11.4 Å². The molecular formula is C30H32FN3O2. The summed E-state index contributed by atoms with van der Waals surface area (Å²) < 4.78 is 21.0. The van der Waals surface area contributed by atoms with Gasteiger partial charge in [0.1, 0.15) is 11.5 Å². The van der Waals surface area contributed by atoms with Crippen LogP contribution >= 0.6 is 0 Å². The van der Waals surface area contributed by atoms with Gasteiger partial charge in [-0.2, -0.15) is 0 Å². The van der Waals surface area contributed by atoms with Gasteiger partial charge in [0.15, 0.2) is 0 Å². The molecule has 1 amide bonds. The van der Waals surface area contributed by atoms with Crippen molar-refractivity contribution in [2.24, 2.45) is 0 Å². The molecule has 36 heavy (non-hydrogen) atoms. The highest BCUT2D eigenvalue weighted by atomic mass is 19.1. The van der Waals surface area contributed by atoms with Crippen molar-refractivity contribution < 1.29 is 13.9 Å². The number of aromatic nitrogens is 2. The Balaban J connectivity index is 1.39. The normalized spacial score (nSPS) is 17.4. The molecule has 1 N–H and O–H groups in total. The van der Waals surface area contributed by atoms with E-state index in [1.165, 1.54) is 12.0 Å². The number of imidazole rings is 1. The summed E-state index contributed by atoms with van der Waals surface area (Å²) in [7, 11) is 1.65. The van der Waals surface area contributed by atoms with E-state index in [9.17, 15) is 4.79 Å². The number of likely N-dealkylation sites (tertiary alicyclic amines) is 1. The third-order valence-electron chi connectivity index (χ3n) is 7.77. The molecule has 5 nitrogen and oxygen atoms in total. The van der Waals surface area contributed by atoms with Crippen LogP contribution in [0.15, 0.2) is 42.6 Å². The van der Waals surface area contributed by atoms with E-state index in [-0.39, 0.29) is 18.7 Å². The van der Waals surface area contributed by atoms with Gasteiger partial charge in [-0.1, -0.05) is 30.5 Å². The maximum absolute atomic E-state index is 15.8. The number of benzene rings is 2. The molecule has 6 heteroatoms. The van der Waals surface area contributed by atoms with Crippen molar-refractivity contribution in [2.45, 2.75) is 57.2 Å². The molecule has 2 heterocycles. The summed E-state index contributed by atoms with van der Waals surface area (Å²) in [6.45, 7) is 3.18. The molecule has 3 aromatic rings. The minimum absolute atomic E-state index is 0.0534. The number of hydrogen-bond donors (Lipinski definition) is 1. The third kappa shape index (κ3) is 4.56. The number of rotatable bonds is 6. The van der Waals surface area contributed by atoms with Gasteiger partial charge in [-0.3, -0.25) is 4.79 Å². The number of H-pyrrole nitrogens is 1. The van der Waals surface area contributed by atoms with Crippen LogP contribution in [-0.2, 0) is 17.0 Å². The largest absolute Gasteiger partial charge is 0.378 e. The number of terminal acetylenes is 1. The summed E-state index contributed by atoms with van der Waals surface area (Å²) in [6.07, 6.45) is 11.3. The Morgan fingerprint density at radius 2 is 1.97 bits per heavy atom. The number of carbonyl (C=O) groups excluding carboxylic acids is 1. The molecule has 5 rings (SSSR count). The Morgan fingerprint density at radius 3 is 2.58 bits per heavy atom. The number of ether oxygens (including phenoxy) is 1. The van der Waals surface area contributed by atoms with Gasteiger partial charge in [-0.15, -0.1) is 6.42 Å². The first kappa shape index (κ1) is 24.3. The van der Waals surface area contributed by atoms with Gasteiger partial charge in [0, 0.05) is 49.7 Å². The molecule has 1 aliphatic heterocycles. The van der Waals surface area contributed by atoms with Crippen LogP contribution < -0.4 is 0 Å². The Bertz CT molecular complexity index is 1290. The average molecular weight is 486 g/mol. The number of methoxy groups -OCH3 is 1. The van der Waals surface area contributed by atoms with Crippen molar-refractivity contribution in [1.29, 1.82) is 0 Å². The van der Waals surface area contributed by atoms with Crippen LogP contribution in [0.3, 0.4) is 0 Å². The van der Waals surface area contributed by atoms with E-state index < -0.39 is 5.67 Å². The fourth-order valence-corrected chi connectivity index (χ4v) is 5.34. The molecule has 1 aliphatic carbocycles. The van der Waals surface area contributed by atoms with Crippen molar-refractivity contribution in [3.05, 3.63) is 76.1 Å². The first-order valence-corrected chi connectivity index (χ1v) is 12.6. The van der Waals surface area contributed by atoms with E-state index in [1.54, 1.807) is 42.5 Å². The van der Waals surface area contributed by atoms with Crippen LogP contribution in [0.2, 0.25) is 0 Å². The van der Waals surface area contributed by atoms with Gasteiger partial charge in [-0.05, 0) is 60.6 Å². The lowest BCUT2D eigenvalue weighted by atomic mass is 9.77. The maximum atomic E-state index is 15.8. The van der Waals surface area contributed by atoms with Crippen molar-refractivity contribution in [3.8, 4) is 23.7 Å². The number of aromatic amines is 1. The molecule has 0 radical (unpaired) electrons. The third-order valence-corrected chi connectivity index (χ3v) is 7.77. The minimum atomic E-state index is -1.45. The molecule has 0 bridgehead atoms. The molecule has 1 aromatic heterocycles. The second-order valence-corrected chi connectivity index (χ2v) is 10.1. The van der Waals surface area contributed by atoms with Crippen molar-refractivity contribution in [2.75, 3.05) is 20.2 Å². The van der Waals surface area contributed by atoms with Crippen LogP contribution in [-0.4, -0.2) is 41.0 Å². The second-order valence-electron chi connectivity index (χ2n) is 10.1. The number of carbonyl (C=O) groups is 1. The SMILES string of the molecule is C#Cc1ccc(C2(F)CCN(C(=O)c3cc(-c4ncc(COC)[nH]4)c(C4CCC4)cc3C)CC2)cc1. The van der Waals surface area contributed by atoms with Crippen molar-refractivity contribution in [1.82, 2.24) is 14.9 Å². The number of piperidine rings is 1. The average Bonchev–Trinajstić information content (AvgIpc) is 3.32. The van der Waals surface area contributed by atoms with Crippen LogP contribution in [0.4, 0.5) is 4.39 Å². The Kier molecular flexibility index (Phi) is 6.68. The fourth-order valence-electron chi connectivity index (χ4n) is 5.34. The summed E-state index contributed by atoms with van der Waals surface area (Å²) in [5.41, 5.74) is 4.63. The molecule has 2 fully saturated rings. The summed E-state index contributed by atoms with van der Waals surface area (Å²) in [5, 5.41) is 0. The summed E-state index contributed by atoms with van der Waals surface area (Å²) >= 11 is 0. The molecule has 1 saturated heterocycles. The lowest BCUT2D eigenvalue weighted by Gasteiger charge is -2.37. The van der Waals surface area contributed by atoms with Gasteiger partial charge in [0.2, 0.25) is 0 Å². The van der Waals surface area contributed by atoms with Gasteiger partial charge < -0.3 is 14.6 Å². The van der Waals surface area contributed by atoms with Gasteiger partial charge in [-0.25, -0.2) is 9.37 Å². The molecule has 2 aliphatic rings. The second kappa shape index (κ2) is 9.91. The van der Waals surface area contributed by atoms with Crippen molar-refractivity contribution >= 4 is 5.91 Å². The number of nitrogens with zero attached hydrogens (tertiary/aromatic N) is 2. The molecule has 186 valence electrons. The Hall–Kier alpha value is -3.43. The van der Waals surface area contributed by atoms with Gasteiger partial charge in [0.25, 0.3) is 5.91 Å². The predicted octanol–water partition coefficient (Wildman–Crippen LogP) is 5.88. The molecular weight excluding hydrogens is 453 g/mol. The Labute approximate surface area is 212 Å². The zero-order chi connectivity index (χ0) is 25.3. The standard InChI is InChI=1S/C30H32FN3O2/c1-4-21-8-10-23(11-9-21)30(31)12-14-34(15-13-30)29(35)25-17-27(28-32-18-24(33-28)19-36-3)26(16-20(25)2)22-6-5-7-22/h1,8-11,16-18,22H,5-7,12-15,19H2,2-3H3,(H,32,33). The van der Waals surface area contributed by atoms with E-state index in [0.717, 1.165) is 41.1 Å². The number of halogens is 1. The number of aryl methyl sites for hydroxylation is 1. The van der Waals surface area contributed by atoms with Gasteiger partial charge >= 0.3 is 0 Å². The highest BCUT2D eigenvalue weighted by Gasteiger charge is 2.38. The first-order valence-electron chi connectivity index (χ1n) is 12.6. The molecule has 0 atom stereocenters. The monoisotopic (exact) mass is 485 g/mol. The highest BCUT2D eigenvalue weighted by molar-refractivity contribution is 5.97. The smallest absolute Gasteiger partial charge is 0.254 e. The Morgan fingerprint density at radius 1 is 1.25 bits per heavy atom. The van der Waals surface area contributed by atoms with E-state index in [4.69, 9.17) is 11.2 Å². The van der Waals surface area contributed by atoms with E-state index in [2.05, 4.69) is 22.0 Å². The lowest BCUT2D eigenvalue weighted by Crippen LogP contribution is -2.43. The zero-order valence-corrected chi connectivity index (χ0v) is 20.9. The quantitative estimate of drug-likeness (QED) is 0.444. The fraction of sp³-hybridized carbons (Fsp3) is 0.400. The summed E-state index contributed by atoms with van der Waals surface area (Å²) in [4.78, 5) is 23.4. The lowest BCUT2D eigenvalue weighted by molar-refractivity contribution is 0.0421. The molecule has 2 aromatic carbocycles. The number of hydrogen-bond acceptors (Lipinski definition) is 3. The number of alkyl halides is 1. The molecule has 1 saturated carbocycles. The van der Waals surface area contributed by atoms with Crippen LogP contribution in [0.5, 0.6) is 0 Å². The molecule has 0 spiro atoms. The maximum Gasteiger partial charge on any atom is 0.254 e. The predicted molar refractivity (Wildman–Crippen MR) is 138 cm³/mol. The number of nitrogens with one attached hydrogen (secondary N) is 1. The number of amides is 1. The zero-order valence-electron chi connectivity index (χ0n) is 20.9. The van der Waals surface area contributed by atoms with Crippen LogP contribution in [0, 0.1) is 19.3 Å². The van der Waals surface area contributed by atoms with Gasteiger partial charge in [0.05, 0.1) is 18.5 Å². The first-order chi connectivity index (χ1) is 17.4. The van der Waals surface area contributed by atoms with E-state index >= 15 is 4.39 Å².